The van der Waals surface area contributed by atoms with Crippen molar-refractivity contribution in [1.82, 2.24) is 4.68 Å². The normalized spacial score (nSPS) is 10.1. The molecule has 0 bridgehead atoms. The van der Waals surface area contributed by atoms with Gasteiger partial charge < -0.3 is 5.43 Å². The Hall–Kier alpha value is -1.22. The predicted octanol–water partition coefficient (Wildman–Crippen LogP) is 2.99. The second-order valence-electron chi connectivity index (χ2n) is 3.06. The molecule has 0 fully saturated rings. The lowest BCUT2D eigenvalue weighted by atomic mass is 10.2. The molecule has 1 aromatic heterocycles. The maximum atomic E-state index is 3.45. The molecule has 0 aliphatic rings. The first-order chi connectivity index (χ1) is 6.84. The summed E-state index contributed by atoms with van der Waals surface area (Å²) >= 11 is 3.45. The van der Waals surface area contributed by atoms with Gasteiger partial charge in [0.1, 0.15) is 0 Å². The van der Waals surface area contributed by atoms with Gasteiger partial charge in [0.05, 0.1) is 6.54 Å². The summed E-state index contributed by atoms with van der Waals surface area (Å²) in [5, 5.41) is 0. The lowest BCUT2D eigenvalue weighted by molar-refractivity contribution is 0.847. The van der Waals surface area contributed by atoms with Crippen LogP contribution in [0.4, 0.5) is 0 Å². The zero-order chi connectivity index (χ0) is 9.80. The lowest BCUT2D eigenvalue weighted by Crippen LogP contribution is -2.11. The lowest BCUT2D eigenvalue weighted by Gasteiger charge is -2.07. The summed E-state index contributed by atoms with van der Waals surface area (Å²) in [4.78, 5) is 0. The fourth-order valence-corrected chi connectivity index (χ4v) is 1.72. The summed E-state index contributed by atoms with van der Waals surface area (Å²) < 4.78 is 3.06. The van der Waals surface area contributed by atoms with Crippen molar-refractivity contribution < 1.29 is 0 Å². The zero-order valence-corrected chi connectivity index (χ0v) is 9.24. The summed E-state index contributed by atoms with van der Waals surface area (Å²) in [6, 6.07) is 12.3. The number of halogens is 1. The van der Waals surface area contributed by atoms with Gasteiger partial charge in [-0.1, -0.05) is 28.1 Å². The first-order valence-electron chi connectivity index (χ1n) is 4.46. The number of hydrogen-bond donors (Lipinski definition) is 1. The minimum atomic E-state index is 0.827. The van der Waals surface area contributed by atoms with Crippen LogP contribution in [0.1, 0.15) is 5.56 Å². The first kappa shape index (κ1) is 9.34. The van der Waals surface area contributed by atoms with E-state index < -0.39 is 0 Å². The molecule has 2 rings (SSSR count). The molecule has 1 heterocycles. The predicted molar refractivity (Wildman–Crippen MR) is 61.6 cm³/mol. The van der Waals surface area contributed by atoms with Crippen LogP contribution in [-0.2, 0) is 6.54 Å². The molecule has 2 nitrogen and oxygen atoms in total. The van der Waals surface area contributed by atoms with Gasteiger partial charge in [0.15, 0.2) is 0 Å². The molecule has 2 aromatic rings. The molecule has 0 spiro atoms. The van der Waals surface area contributed by atoms with Crippen LogP contribution in [0.25, 0.3) is 0 Å². The van der Waals surface area contributed by atoms with E-state index in [2.05, 4.69) is 33.5 Å². The molecule has 0 aliphatic heterocycles. The highest BCUT2D eigenvalue weighted by atomic mass is 79.9. The Morgan fingerprint density at radius 3 is 2.64 bits per heavy atom. The Morgan fingerprint density at radius 1 is 1.14 bits per heavy atom. The number of rotatable bonds is 3. The number of hydrogen-bond acceptors (Lipinski definition) is 1. The Kier molecular flexibility index (Phi) is 2.89. The summed E-state index contributed by atoms with van der Waals surface area (Å²) in [5.74, 6) is 0. The fraction of sp³-hybridized carbons (Fsp3) is 0.0909. The van der Waals surface area contributed by atoms with Crippen molar-refractivity contribution >= 4 is 15.9 Å². The number of aromatic nitrogens is 1. The third kappa shape index (κ3) is 2.39. The molecule has 0 saturated carbocycles. The van der Waals surface area contributed by atoms with E-state index in [0.29, 0.717) is 0 Å². The van der Waals surface area contributed by atoms with E-state index in [4.69, 9.17) is 0 Å². The molecule has 0 unspecified atom stereocenters. The highest BCUT2D eigenvalue weighted by Gasteiger charge is 1.92. The fourth-order valence-electron chi connectivity index (χ4n) is 1.27. The average Bonchev–Trinajstić information content (AvgIpc) is 2.67. The molecule has 0 saturated heterocycles. The second-order valence-corrected chi connectivity index (χ2v) is 3.97. The van der Waals surface area contributed by atoms with Gasteiger partial charge in [0.25, 0.3) is 0 Å². The first-order valence-corrected chi connectivity index (χ1v) is 5.25. The van der Waals surface area contributed by atoms with E-state index in [9.17, 15) is 0 Å². The van der Waals surface area contributed by atoms with Crippen molar-refractivity contribution in [3.8, 4) is 0 Å². The van der Waals surface area contributed by atoms with E-state index in [1.165, 1.54) is 5.56 Å². The molecule has 0 amide bonds. The average molecular weight is 251 g/mol. The quantitative estimate of drug-likeness (QED) is 0.887. The Bertz CT molecular complexity index is 395. The standard InChI is InChI=1S/C11H11BrN2/c12-11-5-3-4-10(8-11)9-13-14-6-1-2-7-14/h1-8,13H,9H2. The second kappa shape index (κ2) is 4.33. The van der Waals surface area contributed by atoms with Crippen molar-refractivity contribution in [2.75, 3.05) is 5.43 Å². The summed E-state index contributed by atoms with van der Waals surface area (Å²) in [5.41, 5.74) is 4.52. The van der Waals surface area contributed by atoms with Crippen LogP contribution in [0.5, 0.6) is 0 Å². The van der Waals surface area contributed by atoms with Gasteiger partial charge in [-0.25, -0.2) is 0 Å². The summed E-state index contributed by atoms with van der Waals surface area (Å²) in [6.45, 7) is 0.827. The largest absolute Gasteiger partial charge is 0.322 e. The molecule has 72 valence electrons. The van der Waals surface area contributed by atoms with Gasteiger partial charge in [-0.3, -0.25) is 4.68 Å². The molecular weight excluding hydrogens is 240 g/mol. The van der Waals surface area contributed by atoms with Crippen molar-refractivity contribution in [2.45, 2.75) is 6.54 Å². The highest BCUT2D eigenvalue weighted by Crippen LogP contribution is 2.11. The maximum Gasteiger partial charge on any atom is 0.0564 e. The van der Waals surface area contributed by atoms with E-state index in [0.717, 1.165) is 11.0 Å². The Labute approximate surface area is 91.7 Å². The van der Waals surface area contributed by atoms with Crippen LogP contribution in [0.15, 0.2) is 53.3 Å². The molecule has 1 N–H and O–H groups in total. The number of nitrogens with zero attached hydrogens (tertiary/aromatic N) is 1. The molecule has 1 aromatic carbocycles. The molecule has 14 heavy (non-hydrogen) atoms. The van der Waals surface area contributed by atoms with Crippen molar-refractivity contribution in [2.24, 2.45) is 0 Å². The minimum Gasteiger partial charge on any atom is -0.322 e. The SMILES string of the molecule is Brc1cccc(CNn2cccc2)c1. The third-order valence-electron chi connectivity index (χ3n) is 1.96. The molecule has 0 radical (unpaired) electrons. The minimum absolute atomic E-state index is 0.827. The molecule has 0 atom stereocenters. The maximum absolute atomic E-state index is 3.45. The number of nitrogens with one attached hydrogen (secondary N) is 1. The van der Waals surface area contributed by atoms with Crippen LogP contribution < -0.4 is 5.43 Å². The highest BCUT2D eigenvalue weighted by molar-refractivity contribution is 9.10. The monoisotopic (exact) mass is 250 g/mol. The van der Waals surface area contributed by atoms with Crippen molar-refractivity contribution in [3.63, 3.8) is 0 Å². The van der Waals surface area contributed by atoms with Gasteiger partial charge in [0.2, 0.25) is 0 Å². The van der Waals surface area contributed by atoms with Crippen molar-refractivity contribution in [3.05, 3.63) is 58.8 Å². The molecular formula is C11H11BrN2. The van der Waals surface area contributed by atoms with Gasteiger partial charge in [-0.15, -0.1) is 0 Å². The topological polar surface area (TPSA) is 17.0 Å². The van der Waals surface area contributed by atoms with Gasteiger partial charge in [-0.2, -0.15) is 0 Å². The van der Waals surface area contributed by atoms with E-state index in [1.807, 2.05) is 41.3 Å². The Morgan fingerprint density at radius 2 is 1.93 bits per heavy atom. The third-order valence-corrected chi connectivity index (χ3v) is 2.45. The molecule has 3 heteroatoms. The van der Waals surface area contributed by atoms with Gasteiger partial charge >= 0.3 is 0 Å². The summed E-state index contributed by atoms with van der Waals surface area (Å²) in [6.07, 6.45) is 3.97. The van der Waals surface area contributed by atoms with Crippen LogP contribution in [0.2, 0.25) is 0 Å². The number of benzene rings is 1. The van der Waals surface area contributed by atoms with E-state index >= 15 is 0 Å². The van der Waals surface area contributed by atoms with Gasteiger partial charge in [0, 0.05) is 16.9 Å². The van der Waals surface area contributed by atoms with Crippen LogP contribution in [0.3, 0.4) is 0 Å². The van der Waals surface area contributed by atoms with Crippen LogP contribution in [-0.4, -0.2) is 4.68 Å². The van der Waals surface area contributed by atoms with Gasteiger partial charge in [-0.05, 0) is 29.8 Å². The zero-order valence-electron chi connectivity index (χ0n) is 7.65. The van der Waals surface area contributed by atoms with Crippen LogP contribution in [0, 0.1) is 0 Å². The van der Waals surface area contributed by atoms with E-state index in [-0.39, 0.29) is 0 Å². The molecule has 0 aliphatic carbocycles. The summed E-state index contributed by atoms with van der Waals surface area (Å²) in [7, 11) is 0. The van der Waals surface area contributed by atoms with Crippen molar-refractivity contribution in [1.29, 1.82) is 0 Å². The smallest absolute Gasteiger partial charge is 0.0564 e. The Balaban J connectivity index is 1.98. The van der Waals surface area contributed by atoms with E-state index in [1.54, 1.807) is 0 Å². The van der Waals surface area contributed by atoms with Crippen LogP contribution >= 0.6 is 15.9 Å².